The first kappa shape index (κ1) is 40.2. The number of amides is 1. The summed E-state index contributed by atoms with van der Waals surface area (Å²) in [6.07, 6.45) is 25.7. The molecule has 2 N–H and O–H groups in total. The van der Waals surface area contributed by atoms with Crippen molar-refractivity contribution in [3.8, 4) is 11.5 Å². The molecule has 0 bridgehead atoms. The Labute approximate surface area is 270 Å². The van der Waals surface area contributed by atoms with Gasteiger partial charge in [0.15, 0.2) is 0 Å². The summed E-state index contributed by atoms with van der Waals surface area (Å²) < 4.78 is 22.8. The van der Waals surface area contributed by atoms with Crippen molar-refractivity contribution in [1.82, 2.24) is 5.32 Å². The van der Waals surface area contributed by atoms with Crippen LogP contribution in [-0.4, -0.2) is 63.8 Å². The first-order valence-corrected chi connectivity index (χ1v) is 18.2. The highest BCUT2D eigenvalue weighted by Gasteiger charge is 2.11. The molecule has 0 spiro atoms. The fraction of sp³-hybridized carbons (Fsp3) is 0.811. The van der Waals surface area contributed by atoms with E-state index in [0.717, 1.165) is 12.8 Å². The summed E-state index contributed by atoms with van der Waals surface area (Å²) in [6.45, 7) is 7.77. The van der Waals surface area contributed by atoms with Gasteiger partial charge in [-0.1, -0.05) is 129 Å². The third-order valence-electron chi connectivity index (χ3n) is 7.82. The molecule has 0 aromatic heterocycles. The molecule has 256 valence electrons. The van der Waals surface area contributed by atoms with Gasteiger partial charge < -0.3 is 29.4 Å². The summed E-state index contributed by atoms with van der Waals surface area (Å²) in [4.78, 5) is 12.9. The summed E-state index contributed by atoms with van der Waals surface area (Å²) in [7, 11) is 0. The van der Waals surface area contributed by atoms with Crippen LogP contribution in [0, 0.1) is 0 Å². The third-order valence-corrected chi connectivity index (χ3v) is 7.82. The van der Waals surface area contributed by atoms with Crippen LogP contribution in [0.4, 0.5) is 0 Å². The summed E-state index contributed by atoms with van der Waals surface area (Å²) in [5.41, 5.74) is 0.537. The minimum atomic E-state index is -0.168. The van der Waals surface area contributed by atoms with E-state index in [9.17, 15) is 4.79 Å². The van der Waals surface area contributed by atoms with Crippen LogP contribution < -0.4 is 14.8 Å². The molecular formula is C37H67NO6. The maximum atomic E-state index is 12.9. The number of carbonyl (C=O) groups is 1. The van der Waals surface area contributed by atoms with Crippen LogP contribution in [0.1, 0.15) is 153 Å². The second-order valence-corrected chi connectivity index (χ2v) is 12.0. The fourth-order valence-corrected chi connectivity index (χ4v) is 5.15. The highest BCUT2D eigenvalue weighted by atomic mass is 16.5. The highest BCUT2D eigenvalue weighted by molar-refractivity contribution is 5.95. The molecule has 0 aliphatic rings. The van der Waals surface area contributed by atoms with Gasteiger partial charge >= 0.3 is 0 Å². The van der Waals surface area contributed by atoms with Gasteiger partial charge in [0.1, 0.15) is 11.5 Å². The predicted molar refractivity (Wildman–Crippen MR) is 182 cm³/mol. The second kappa shape index (κ2) is 31.2. The molecule has 1 amide bonds. The molecule has 0 saturated carbocycles. The molecule has 7 heteroatoms. The summed E-state index contributed by atoms with van der Waals surface area (Å²) in [6, 6.07) is 5.53. The van der Waals surface area contributed by atoms with Crippen LogP contribution in [0.5, 0.6) is 11.5 Å². The zero-order valence-corrected chi connectivity index (χ0v) is 28.5. The van der Waals surface area contributed by atoms with Gasteiger partial charge in [-0.25, -0.2) is 0 Å². The number of ether oxygens (including phenoxy) is 4. The molecule has 0 fully saturated rings. The number of hydrogen-bond acceptors (Lipinski definition) is 6. The van der Waals surface area contributed by atoms with Crippen LogP contribution in [-0.2, 0) is 9.47 Å². The average molecular weight is 622 g/mol. The molecule has 7 nitrogen and oxygen atoms in total. The van der Waals surface area contributed by atoms with Gasteiger partial charge in [0.2, 0.25) is 0 Å². The van der Waals surface area contributed by atoms with Gasteiger partial charge in [0, 0.05) is 18.2 Å². The van der Waals surface area contributed by atoms with Crippen LogP contribution in [0.15, 0.2) is 18.2 Å². The van der Waals surface area contributed by atoms with E-state index in [-0.39, 0.29) is 12.5 Å². The van der Waals surface area contributed by atoms with Gasteiger partial charge in [0.25, 0.3) is 5.91 Å². The number of aliphatic hydroxyl groups excluding tert-OH is 1. The topological polar surface area (TPSA) is 86.3 Å². The lowest BCUT2D eigenvalue weighted by molar-refractivity contribution is 0.0338. The lowest BCUT2D eigenvalue weighted by Crippen LogP contribution is -2.27. The van der Waals surface area contributed by atoms with Crippen LogP contribution in [0.3, 0.4) is 0 Å². The Hall–Kier alpha value is -1.83. The number of aliphatic hydroxyl groups is 1. The van der Waals surface area contributed by atoms with Crippen LogP contribution in [0.25, 0.3) is 0 Å². The monoisotopic (exact) mass is 621 g/mol. The molecule has 0 unspecified atom stereocenters. The molecule has 0 saturated heterocycles. The fourth-order valence-electron chi connectivity index (χ4n) is 5.15. The molecule has 1 aromatic carbocycles. The van der Waals surface area contributed by atoms with Crippen molar-refractivity contribution in [2.24, 2.45) is 0 Å². The molecular weight excluding hydrogens is 554 g/mol. The largest absolute Gasteiger partial charge is 0.493 e. The molecule has 1 aromatic rings. The number of nitrogens with one attached hydrogen (secondary N) is 1. The van der Waals surface area contributed by atoms with Gasteiger partial charge in [-0.2, -0.15) is 0 Å². The predicted octanol–water partition coefficient (Wildman–Crippen LogP) is 9.04. The van der Waals surface area contributed by atoms with Crippen LogP contribution in [0.2, 0.25) is 0 Å². The molecule has 0 atom stereocenters. The molecule has 0 aliphatic heterocycles. The van der Waals surface area contributed by atoms with Crippen molar-refractivity contribution < 1.29 is 28.8 Å². The Kier molecular flexibility index (Phi) is 28.5. The second-order valence-electron chi connectivity index (χ2n) is 12.0. The van der Waals surface area contributed by atoms with E-state index in [0.29, 0.717) is 63.2 Å². The number of carbonyl (C=O) groups excluding carboxylic acids is 1. The van der Waals surface area contributed by atoms with E-state index in [2.05, 4.69) is 19.2 Å². The molecule has 0 heterocycles. The normalized spacial score (nSPS) is 11.2. The molecule has 1 rings (SSSR count). The first-order valence-electron chi connectivity index (χ1n) is 18.2. The summed E-state index contributed by atoms with van der Waals surface area (Å²) >= 11 is 0. The lowest BCUT2D eigenvalue weighted by atomic mass is 10.1. The van der Waals surface area contributed by atoms with Gasteiger partial charge in [-0.3, -0.25) is 4.79 Å². The van der Waals surface area contributed by atoms with Crippen molar-refractivity contribution in [2.75, 3.05) is 52.8 Å². The third kappa shape index (κ3) is 24.5. The van der Waals surface area contributed by atoms with E-state index in [1.165, 1.54) is 116 Å². The number of benzene rings is 1. The maximum Gasteiger partial charge on any atom is 0.251 e. The van der Waals surface area contributed by atoms with Crippen molar-refractivity contribution >= 4 is 5.91 Å². The smallest absolute Gasteiger partial charge is 0.251 e. The summed E-state index contributed by atoms with van der Waals surface area (Å²) in [5, 5.41) is 11.7. The Morgan fingerprint density at radius 2 is 0.955 bits per heavy atom. The average Bonchev–Trinajstić information content (AvgIpc) is 3.03. The van der Waals surface area contributed by atoms with E-state index in [1.54, 1.807) is 0 Å². The van der Waals surface area contributed by atoms with E-state index >= 15 is 0 Å². The molecule has 0 radical (unpaired) electrons. The zero-order chi connectivity index (χ0) is 31.8. The number of rotatable bonds is 33. The van der Waals surface area contributed by atoms with Crippen molar-refractivity contribution in [1.29, 1.82) is 0 Å². The highest BCUT2D eigenvalue weighted by Crippen LogP contribution is 2.24. The van der Waals surface area contributed by atoms with E-state index < -0.39 is 0 Å². The van der Waals surface area contributed by atoms with Crippen molar-refractivity contribution in [3.05, 3.63) is 23.8 Å². The first-order chi connectivity index (χ1) is 21.7. The standard InChI is InChI=1S/C37H67NO6/c1-3-5-7-9-11-13-15-17-19-21-25-43-35-31-34(37(40)38-23-27-41-29-30-42-28-24-39)32-36(33-35)44-26-22-20-18-16-14-12-10-8-6-4-2/h31-33,39H,3-30H2,1-2H3,(H,38,40). The van der Waals surface area contributed by atoms with E-state index in [4.69, 9.17) is 24.1 Å². The van der Waals surface area contributed by atoms with Gasteiger partial charge in [-0.05, 0) is 25.0 Å². The Morgan fingerprint density at radius 1 is 0.545 bits per heavy atom. The van der Waals surface area contributed by atoms with Crippen molar-refractivity contribution in [2.45, 2.75) is 142 Å². The SMILES string of the molecule is CCCCCCCCCCCCOc1cc(OCCCCCCCCCCCC)cc(C(=O)NCCOCCOCCO)c1. The quantitative estimate of drug-likeness (QED) is 0.0762. The van der Waals surface area contributed by atoms with Gasteiger partial charge in [0.05, 0.1) is 46.2 Å². The lowest BCUT2D eigenvalue weighted by Gasteiger charge is -2.13. The number of unbranched alkanes of at least 4 members (excludes halogenated alkanes) is 18. The minimum absolute atomic E-state index is 0.00302. The van der Waals surface area contributed by atoms with Gasteiger partial charge in [-0.15, -0.1) is 0 Å². The molecule has 44 heavy (non-hydrogen) atoms. The minimum Gasteiger partial charge on any atom is -0.493 e. The van der Waals surface area contributed by atoms with E-state index in [1.807, 2.05) is 18.2 Å². The van der Waals surface area contributed by atoms with Crippen molar-refractivity contribution in [3.63, 3.8) is 0 Å². The zero-order valence-electron chi connectivity index (χ0n) is 28.5. The van der Waals surface area contributed by atoms with Crippen LogP contribution >= 0.6 is 0 Å². The Morgan fingerprint density at radius 3 is 1.39 bits per heavy atom. The Balaban J connectivity index is 2.43. The summed E-state index contributed by atoms with van der Waals surface area (Å²) in [5.74, 6) is 1.20. The maximum absolute atomic E-state index is 12.9. The molecule has 0 aliphatic carbocycles. The number of hydrogen-bond donors (Lipinski definition) is 2. The Bertz CT molecular complexity index is 730.